The van der Waals surface area contributed by atoms with Gasteiger partial charge in [-0.2, -0.15) is 0 Å². The van der Waals surface area contributed by atoms with Gasteiger partial charge in [0.2, 0.25) is 0 Å². The minimum Gasteiger partial charge on any atom is -0.455 e. The first kappa shape index (κ1) is 48.3. The fourth-order valence-corrected chi connectivity index (χ4v) is 8.75. The summed E-state index contributed by atoms with van der Waals surface area (Å²) in [6.07, 6.45) is -2.13. The highest BCUT2D eigenvalue weighted by Gasteiger charge is 2.61. The second kappa shape index (κ2) is 20.0. The first-order valence-electron chi connectivity index (χ1n) is 20.6. The number of carbonyl (C=O) groups excluding carboxylic acids is 4. The average molecular weight is 843 g/mol. The van der Waals surface area contributed by atoms with Gasteiger partial charge in [-0.15, -0.1) is 5.10 Å². The lowest BCUT2D eigenvalue weighted by Gasteiger charge is -2.45. The van der Waals surface area contributed by atoms with Gasteiger partial charge in [0.15, 0.2) is 17.7 Å². The third kappa shape index (κ3) is 10.1. The average Bonchev–Trinajstić information content (AvgIpc) is 3.80. The number of aromatic nitrogens is 4. The van der Waals surface area contributed by atoms with Crippen molar-refractivity contribution in [1.29, 1.82) is 0 Å². The number of amides is 1. The van der Waals surface area contributed by atoms with Crippen molar-refractivity contribution in [1.82, 2.24) is 29.8 Å². The third-order valence-electron chi connectivity index (χ3n) is 12.1. The molecule has 17 heteroatoms. The number of cyclic esters (lactones) is 1. The van der Waals surface area contributed by atoms with E-state index < -0.39 is 89.2 Å². The molecule has 2 fully saturated rings. The Balaban J connectivity index is 1.75. The summed E-state index contributed by atoms with van der Waals surface area (Å²) in [5.74, 6) is -0.125. The number of nitrogens with zero attached hydrogens (tertiary/aromatic N) is 6. The first-order chi connectivity index (χ1) is 28.2. The lowest BCUT2D eigenvalue weighted by Crippen LogP contribution is -2.61. The summed E-state index contributed by atoms with van der Waals surface area (Å²) in [6, 6.07) is 3.96. The van der Waals surface area contributed by atoms with Gasteiger partial charge >= 0.3 is 12.1 Å². The molecule has 12 atom stereocenters. The summed E-state index contributed by atoms with van der Waals surface area (Å²) in [5, 5.41) is 19.8. The number of methoxy groups -OCH3 is 1. The quantitative estimate of drug-likeness (QED) is 0.130. The number of aliphatic hydroxyl groups is 1. The van der Waals surface area contributed by atoms with Crippen molar-refractivity contribution in [2.24, 2.45) is 17.8 Å². The number of ketones is 2. The van der Waals surface area contributed by atoms with Crippen molar-refractivity contribution in [2.45, 2.75) is 142 Å². The monoisotopic (exact) mass is 842 g/mol. The zero-order valence-electron chi connectivity index (χ0n) is 37.0. The van der Waals surface area contributed by atoms with Gasteiger partial charge in [0.05, 0.1) is 36.2 Å². The van der Waals surface area contributed by atoms with Crippen LogP contribution in [-0.4, -0.2) is 146 Å². The van der Waals surface area contributed by atoms with Crippen LogP contribution in [0.1, 0.15) is 81.6 Å². The van der Waals surface area contributed by atoms with Crippen LogP contribution in [0.5, 0.6) is 0 Å². The summed E-state index contributed by atoms with van der Waals surface area (Å²) in [5.41, 5.74) is -5.18. The molecule has 4 heterocycles. The van der Waals surface area contributed by atoms with E-state index in [1.165, 1.54) is 23.6 Å². The second-order valence-corrected chi connectivity index (χ2v) is 16.6. The standard InChI is InChI=1S/C43H63FN6O10/c1-13-31(48(10)11)34(52)38(57-15-3)59-37-28(6)36(53)42(8,44)39(54)58-32(14-2)43(9)35(27(5)33(51)26(4)24-41(37,7)56-12)50(40(55)60-43)23-19-18-22-49-25-30(46-47-49)29-20-16-17-21-45-29/h16-17,20-21,25-28,31-32,34-35,37-38,52H,13-15,22-24H2,1-12H3/t26-,27+,28+,31?,32-,34?,35-,37-,38+,41-,42+,43-/m1/s1. The number of ether oxygens (including phenoxy) is 5. The third-order valence-corrected chi connectivity index (χ3v) is 12.1. The number of likely N-dealkylation sites (N-methyl/N-ethyl adjacent to an activating group) is 1. The summed E-state index contributed by atoms with van der Waals surface area (Å²) in [6.45, 7) is 14.1. The number of esters is 1. The zero-order chi connectivity index (χ0) is 44.7. The van der Waals surface area contributed by atoms with E-state index in [1.54, 1.807) is 80.2 Å². The number of fused-ring (bicyclic) bond motifs is 1. The Morgan fingerprint density at radius 1 is 1.03 bits per heavy atom. The number of Topliss-reactive ketones (excluding diaryl/α,β-unsaturated/α-hetero) is 2. The van der Waals surface area contributed by atoms with E-state index in [4.69, 9.17) is 23.7 Å². The smallest absolute Gasteiger partial charge is 0.411 e. The minimum absolute atomic E-state index is 0.0403. The molecule has 2 aromatic rings. The van der Waals surface area contributed by atoms with Gasteiger partial charge in [-0.3, -0.25) is 19.5 Å². The number of carbonyl (C=O) groups is 4. The number of hydrogen-bond donors (Lipinski definition) is 1. The number of hydrogen-bond acceptors (Lipinski definition) is 14. The fourth-order valence-electron chi connectivity index (χ4n) is 8.75. The van der Waals surface area contributed by atoms with Crippen molar-refractivity contribution < 1.29 is 52.4 Å². The molecule has 2 unspecified atom stereocenters. The normalized spacial score (nSPS) is 32.0. The van der Waals surface area contributed by atoms with Gasteiger partial charge in [-0.05, 0) is 73.2 Å². The van der Waals surface area contributed by atoms with Gasteiger partial charge in [-0.1, -0.05) is 57.7 Å². The second-order valence-electron chi connectivity index (χ2n) is 16.6. The Bertz CT molecular complexity index is 1870. The number of aliphatic hydroxyl groups excluding tert-OH is 1. The molecular weight excluding hydrogens is 780 g/mol. The van der Waals surface area contributed by atoms with Crippen molar-refractivity contribution in [2.75, 3.05) is 34.4 Å². The number of pyridine rings is 1. The summed E-state index contributed by atoms with van der Waals surface area (Å²) in [7, 11) is 4.98. The van der Waals surface area contributed by atoms with Crippen molar-refractivity contribution in [3.05, 3.63) is 30.6 Å². The van der Waals surface area contributed by atoms with Crippen LogP contribution in [0, 0.1) is 29.6 Å². The highest BCUT2D eigenvalue weighted by Crippen LogP contribution is 2.43. The molecule has 2 aliphatic heterocycles. The van der Waals surface area contributed by atoms with Gasteiger partial charge < -0.3 is 33.7 Å². The maximum absolute atomic E-state index is 16.9. The van der Waals surface area contributed by atoms with Crippen molar-refractivity contribution in [3.63, 3.8) is 0 Å². The molecule has 16 nitrogen and oxygen atoms in total. The van der Waals surface area contributed by atoms with Crippen LogP contribution >= 0.6 is 0 Å². The molecule has 1 N–H and O–H groups in total. The minimum atomic E-state index is -3.22. The molecule has 0 saturated carbocycles. The predicted molar refractivity (Wildman–Crippen MR) is 218 cm³/mol. The Labute approximate surface area is 352 Å². The van der Waals surface area contributed by atoms with Crippen molar-refractivity contribution >= 4 is 23.6 Å². The van der Waals surface area contributed by atoms with Crippen LogP contribution in [0.15, 0.2) is 30.6 Å². The molecule has 4 rings (SSSR count). The SMILES string of the molecule is CCO[C@@H](O[C@@H]1[C@@H](C)C(=O)[C@](C)(F)C(=O)O[C@H](CC)[C@@]2(C)OC(=O)N(CC#CCn3cc(-c4ccccn4)nn3)[C@@H]2[C@@H](C)C(=O)[C@H](C)C[C@@]1(C)OC)C(O)C(CC)N(C)C. The summed E-state index contributed by atoms with van der Waals surface area (Å²) < 4.78 is 48.7. The van der Waals surface area contributed by atoms with Gasteiger partial charge in [0, 0.05) is 43.7 Å². The Kier molecular flexibility index (Phi) is 16.1. The lowest BCUT2D eigenvalue weighted by molar-refractivity contribution is -0.266. The van der Waals surface area contributed by atoms with Gasteiger partial charge in [-0.25, -0.2) is 18.7 Å². The van der Waals surface area contributed by atoms with Crippen molar-refractivity contribution in [3.8, 4) is 23.2 Å². The van der Waals surface area contributed by atoms with Gasteiger partial charge in [0.1, 0.15) is 30.2 Å². The molecule has 0 radical (unpaired) electrons. The van der Waals surface area contributed by atoms with E-state index in [9.17, 15) is 24.3 Å². The van der Waals surface area contributed by atoms with E-state index in [0.717, 1.165) is 6.92 Å². The molecule has 1 amide bonds. The van der Waals surface area contributed by atoms with E-state index in [0.29, 0.717) is 17.8 Å². The largest absolute Gasteiger partial charge is 0.455 e. The maximum atomic E-state index is 16.9. The van der Waals surface area contributed by atoms with E-state index >= 15 is 4.39 Å². The van der Waals surface area contributed by atoms with Crippen LogP contribution < -0.4 is 0 Å². The zero-order valence-corrected chi connectivity index (χ0v) is 37.0. The van der Waals surface area contributed by atoms with Crippen LogP contribution in [0.4, 0.5) is 9.18 Å². The lowest BCUT2D eigenvalue weighted by atomic mass is 9.73. The number of halogens is 1. The topological polar surface area (TPSA) is 185 Å². The number of rotatable bonds is 13. The molecule has 0 spiro atoms. The summed E-state index contributed by atoms with van der Waals surface area (Å²) in [4.78, 5) is 64.1. The van der Waals surface area contributed by atoms with E-state index in [-0.39, 0.29) is 38.3 Å². The predicted octanol–water partition coefficient (Wildman–Crippen LogP) is 4.28. The molecule has 0 aliphatic carbocycles. The first-order valence-corrected chi connectivity index (χ1v) is 20.6. The molecule has 0 aromatic carbocycles. The maximum Gasteiger partial charge on any atom is 0.411 e. The Morgan fingerprint density at radius 2 is 1.72 bits per heavy atom. The van der Waals surface area contributed by atoms with E-state index in [2.05, 4.69) is 27.1 Å². The highest BCUT2D eigenvalue weighted by atomic mass is 19.1. The molecule has 2 aromatic heterocycles. The van der Waals surface area contributed by atoms with Crippen LogP contribution in [-0.2, 0) is 44.6 Å². The van der Waals surface area contributed by atoms with Crippen LogP contribution in [0.25, 0.3) is 11.4 Å². The summed E-state index contributed by atoms with van der Waals surface area (Å²) >= 11 is 0. The van der Waals surface area contributed by atoms with Crippen LogP contribution in [0.2, 0.25) is 0 Å². The molecular formula is C43H63FN6O10. The van der Waals surface area contributed by atoms with Gasteiger partial charge in [0.25, 0.3) is 5.67 Å². The molecule has 332 valence electrons. The van der Waals surface area contributed by atoms with E-state index in [1.807, 2.05) is 17.9 Å². The molecule has 2 aliphatic rings. The Morgan fingerprint density at radius 3 is 2.30 bits per heavy atom. The highest BCUT2D eigenvalue weighted by molar-refractivity contribution is 6.08. The fraction of sp³-hybridized carbons (Fsp3) is 0.698. The number of alkyl halides is 1. The molecule has 2 saturated heterocycles. The van der Waals surface area contributed by atoms with Crippen LogP contribution in [0.3, 0.4) is 0 Å². The Hall–Kier alpha value is -4.34. The molecule has 0 bridgehead atoms. The molecule has 60 heavy (non-hydrogen) atoms.